The molecule has 0 spiro atoms. The molecular formula is C17H28N4O2. The van der Waals surface area contributed by atoms with Gasteiger partial charge in [-0.25, -0.2) is 4.79 Å². The lowest BCUT2D eigenvalue weighted by atomic mass is 10.2. The summed E-state index contributed by atoms with van der Waals surface area (Å²) < 4.78 is 0. The fourth-order valence-corrected chi connectivity index (χ4v) is 2.08. The van der Waals surface area contributed by atoms with Gasteiger partial charge in [-0.15, -0.1) is 0 Å². The van der Waals surface area contributed by atoms with Gasteiger partial charge in [-0.3, -0.25) is 4.79 Å². The van der Waals surface area contributed by atoms with Crippen molar-refractivity contribution >= 4 is 23.3 Å². The zero-order valence-corrected chi connectivity index (χ0v) is 14.7. The highest BCUT2D eigenvalue weighted by Gasteiger charge is 2.08. The van der Waals surface area contributed by atoms with Crippen molar-refractivity contribution in [3.8, 4) is 0 Å². The zero-order valence-electron chi connectivity index (χ0n) is 14.7. The lowest BCUT2D eigenvalue weighted by molar-refractivity contribution is -0.114. The van der Waals surface area contributed by atoms with Crippen LogP contribution in [-0.4, -0.2) is 43.0 Å². The van der Waals surface area contributed by atoms with Gasteiger partial charge in [0, 0.05) is 37.4 Å². The highest BCUT2D eigenvalue weighted by Crippen LogP contribution is 2.20. The van der Waals surface area contributed by atoms with Crippen molar-refractivity contribution in [1.29, 1.82) is 0 Å². The molecule has 3 amide bonds. The third-order valence-electron chi connectivity index (χ3n) is 3.90. The van der Waals surface area contributed by atoms with E-state index in [1.54, 1.807) is 12.1 Å². The molecule has 0 heterocycles. The predicted octanol–water partition coefficient (Wildman–Crippen LogP) is 2.81. The van der Waals surface area contributed by atoms with E-state index in [0.717, 1.165) is 18.5 Å². The fraction of sp³-hybridized carbons (Fsp3) is 0.529. The van der Waals surface area contributed by atoms with E-state index in [2.05, 4.69) is 41.7 Å². The monoisotopic (exact) mass is 320 g/mol. The van der Waals surface area contributed by atoms with Gasteiger partial charge in [0.2, 0.25) is 5.91 Å². The second-order valence-electron chi connectivity index (χ2n) is 5.83. The molecule has 1 aromatic rings. The summed E-state index contributed by atoms with van der Waals surface area (Å²) in [5.41, 5.74) is 2.28. The van der Waals surface area contributed by atoms with Gasteiger partial charge in [0.25, 0.3) is 0 Å². The quantitative estimate of drug-likeness (QED) is 0.723. The van der Waals surface area contributed by atoms with Gasteiger partial charge in [0.1, 0.15) is 0 Å². The second kappa shape index (κ2) is 9.15. The molecule has 23 heavy (non-hydrogen) atoms. The average molecular weight is 320 g/mol. The number of urea groups is 1. The highest BCUT2D eigenvalue weighted by molar-refractivity contribution is 5.93. The molecule has 0 saturated heterocycles. The molecule has 1 rings (SSSR count). The smallest absolute Gasteiger partial charge is 0.319 e. The molecule has 0 radical (unpaired) electrons. The molecule has 0 aromatic heterocycles. The Morgan fingerprint density at radius 3 is 2.57 bits per heavy atom. The van der Waals surface area contributed by atoms with Gasteiger partial charge >= 0.3 is 6.03 Å². The maximum Gasteiger partial charge on any atom is 0.319 e. The number of amides is 3. The predicted molar refractivity (Wildman–Crippen MR) is 94.9 cm³/mol. The molecule has 1 aromatic carbocycles. The van der Waals surface area contributed by atoms with Crippen LogP contribution in [0, 0.1) is 6.92 Å². The highest BCUT2D eigenvalue weighted by atomic mass is 16.2. The first-order valence-corrected chi connectivity index (χ1v) is 7.96. The SMILES string of the molecule is CCC(C)N(C)CCNC(=O)Nc1cc(NC(C)=O)ccc1C. The average Bonchev–Trinajstić information content (AvgIpc) is 2.49. The lowest BCUT2D eigenvalue weighted by Crippen LogP contribution is -2.38. The minimum Gasteiger partial charge on any atom is -0.337 e. The normalized spacial score (nSPS) is 11.9. The Bertz CT molecular complexity index is 545. The van der Waals surface area contributed by atoms with E-state index in [1.165, 1.54) is 6.92 Å². The summed E-state index contributed by atoms with van der Waals surface area (Å²) >= 11 is 0. The Labute approximate surface area is 138 Å². The van der Waals surface area contributed by atoms with Crippen LogP contribution in [0.2, 0.25) is 0 Å². The Morgan fingerprint density at radius 2 is 1.96 bits per heavy atom. The fourth-order valence-electron chi connectivity index (χ4n) is 2.08. The molecule has 0 fully saturated rings. The zero-order chi connectivity index (χ0) is 17.4. The van der Waals surface area contributed by atoms with Crippen LogP contribution >= 0.6 is 0 Å². The molecule has 0 aliphatic heterocycles. The second-order valence-corrected chi connectivity index (χ2v) is 5.83. The van der Waals surface area contributed by atoms with Crippen molar-refractivity contribution in [2.45, 2.75) is 40.2 Å². The molecule has 6 heteroatoms. The maximum absolute atomic E-state index is 12.0. The number of hydrogen-bond donors (Lipinski definition) is 3. The van der Waals surface area contributed by atoms with E-state index >= 15 is 0 Å². The van der Waals surface area contributed by atoms with Crippen LogP contribution < -0.4 is 16.0 Å². The lowest BCUT2D eigenvalue weighted by Gasteiger charge is -2.23. The first-order chi connectivity index (χ1) is 10.8. The third kappa shape index (κ3) is 6.69. The van der Waals surface area contributed by atoms with Crippen molar-refractivity contribution in [1.82, 2.24) is 10.2 Å². The van der Waals surface area contributed by atoms with Gasteiger partial charge in [-0.2, -0.15) is 0 Å². The standard InChI is InChI=1S/C17H28N4O2/c1-6-13(3)21(5)10-9-18-17(23)20-16-11-15(19-14(4)22)8-7-12(16)2/h7-8,11,13H,6,9-10H2,1-5H3,(H,19,22)(H2,18,20,23). The summed E-state index contributed by atoms with van der Waals surface area (Å²) in [6.07, 6.45) is 1.08. The Morgan fingerprint density at radius 1 is 1.26 bits per heavy atom. The first kappa shape index (κ1) is 19.0. The molecule has 3 N–H and O–H groups in total. The molecule has 0 aliphatic carbocycles. The van der Waals surface area contributed by atoms with Crippen molar-refractivity contribution in [3.05, 3.63) is 23.8 Å². The molecule has 0 bridgehead atoms. The van der Waals surface area contributed by atoms with Crippen LogP contribution in [0.4, 0.5) is 16.2 Å². The van der Waals surface area contributed by atoms with E-state index in [4.69, 9.17) is 0 Å². The maximum atomic E-state index is 12.0. The van der Waals surface area contributed by atoms with E-state index in [1.807, 2.05) is 13.0 Å². The van der Waals surface area contributed by atoms with Crippen LogP contribution in [0.15, 0.2) is 18.2 Å². The molecule has 1 unspecified atom stereocenters. The van der Waals surface area contributed by atoms with E-state index in [-0.39, 0.29) is 11.9 Å². The number of hydrogen-bond acceptors (Lipinski definition) is 3. The number of rotatable bonds is 7. The number of nitrogens with zero attached hydrogens (tertiary/aromatic N) is 1. The number of anilines is 2. The van der Waals surface area contributed by atoms with Gasteiger partial charge < -0.3 is 20.9 Å². The van der Waals surface area contributed by atoms with Gasteiger partial charge in [-0.05, 0) is 45.0 Å². The molecule has 128 valence electrons. The molecule has 1 atom stereocenters. The Balaban J connectivity index is 2.52. The largest absolute Gasteiger partial charge is 0.337 e. The van der Waals surface area contributed by atoms with Gasteiger partial charge in [0.15, 0.2) is 0 Å². The summed E-state index contributed by atoms with van der Waals surface area (Å²) in [6, 6.07) is 5.67. The number of aryl methyl sites for hydroxylation is 1. The number of nitrogens with one attached hydrogen (secondary N) is 3. The van der Waals surface area contributed by atoms with E-state index < -0.39 is 0 Å². The van der Waals surface area contributed by atoms with Crippen molar-refractivity contribution in [2.75, 3.05) is 30.8 Å². The summed E-state index contributed by atoms with van der Waals surface area (Å²) in [7, 11) is 2.05. The Hall–Kier alpha value is -2.08. The van der Waals surface area contributed by atoms with Crippen molar-refractivity contribution < 1.29 is 9.59 Å². The molecule has 6 nitrogen and oxygen atoms in total. The van der Waals surface area contributed by atoms with Gasteiger partial charge in [0.05, 0.1) is 0 Å². The van der Waals surface area contributed by atoms with Crippen LogP contribution in [0.1, 0.15) is 32.8 Å². The minimum absolute atomic E-state index is 0.141. The Kier molecular flexibility index (Phi) is 7.54. The van der Waals surface area contributed by atoms with E-state index in [9.17, 15) is 9.59 Å². The molecule has 0 aliphatic rings. The van der Waals surface area contributed by atoms with Crippen LogP contribution in [0.25, 0.3) is 0 Å². The van der Waals surface area contributed by atoms with Crippen LogP contribution in [0.3, 0.4) is 0 Å². The molecule has 0 saturated carbocycles. The third-order valence-corrected chi connectivity index (χ3v) is 3.90. The van der Waals surface area contributed by atoms with Crippen LogP contribution in [-0.2, 0) is 4.79 Å². The van der Waals surface area contributed by atoms with E-state index in [0.29, 0.717) is 24.0 Å². The first-order valence-electron chi connectivity index (χ1n) is 7.96. The number of carbonyl (C=O) groups is 2. The van der Waals surface area contributed by atoms with Gasteiger partial charge in [-0.1, -0.05) is 13.0 Å². The summed E-state index contributed by atoms with van der Waals surface area (Å²) in [5, 5.41) is 8.38. The topological polar surface area (TPSA) is 73.5 Å². The number of likely N-dealkylation sites (N-methyl/N-ethyl adjacent to an activating group) is 1. The van der Waals surface area contributed by atoms with Crippen molar-refractivity contribution in [3.63, 3.8) is 0 Å². The summed E-state index contributed by atoms with van der Waals surface area (Å²) in [4.78, 5) is 25.3. The van der Waals surface area contributed by atoms with Crippen molar-refractivity contribution in [2.24, 2.45) is 0 Å². The van der Waals surface area contributed by atoms with Crippen LogP contribution in [0.5, 0.6) is 0 Å². The summed E-state index contributed by atoms with van der Waals surface area (Å²) in [5.74, 6) is -0.141. The number of carbonyl (C=O) groups excluding carboxylic acids is 2. The molecular weight excluding hydrogens is 292 g/mol. The minimum atomic E-state index is -0.245. The summed E-state index contributed by atoms with van der Waals surface area (Å²) in [6.45, 7) is 9.05. The number of benzene rings is 1.